The first-order valence-corrected chi connectivity index (χ1v) is 6.60. The number of hydrogen-bond donors (Lipinski definition) is 3. The topological polar surface area (TPSA) is 128 Å². The van der Waals surface area contributed by atoms with Crippen molar-refractivity contribution >= 4 is 17.8 Å². The van der Waals surface area contributed by atoms with Crippen molar-refractivity contribution in [2.75, 3.05) is 19.7 Å². The lowest BCUT2D eigenvalue weighted by Gasteiger charge is -2.18. The van der Waals surface area contributed by atoms with Crippen LogP contribution in [0.4, 0.5) is 0 Å². The number of rotatable bonds is 9. The maximum atomic E-state index is 11.1. The summed E-state index contributed by atoms with van der Waals surface area (Å²) in [4.78, 5) is 32.3. The fourth-order valence-electron chi connectivity index (χ4n) is 1.52. The van der Waals surface area contributed by atoms with Crippen molar-refractivity contribution in [3.63, 3.8) is 0 Å². The number of nitrogens with two attached hydrogens (primary N) is 1. The Morgan fingerprint density at radius 2 is 1.91 bits per heavy atom. The van der Waals surface area contributed by atoms with Gasteiger partial charge in [-0.2, -0.15) is 0 Å². The summed E-state index contributed by atoms with van der Waals surface area (Å²) in [5, 5.41) is 11.4. The molecule has 0 aromatic heterocycles. The molecule has 1 unspecified atom stereocenters. The molecule has 1 amide bonds. The standard InChI is InChI=1S/C14H18N2O6/c15-12(17)6-7-16-8-11(22-14(20)13(18)19)9-21-10-4-2-1-3-5-10/h1-5,11,16H,6-9H2,(H2,15,17)(H,18,19). The zero-order valence-corrected chi connectivity index (χ0v) is 11.9. The third kappa shape index (κ3) is 7.25. The molecule has 8 heteroatoms. The van der Waals surface area contributed by atoms with Crippen LogP contribution in [0.5, 0.6) is 5.75 Å². The molecule has 0 aliphatic heterocycles. The SMILES string of the molecule is NC(=O)CCNCC(COc1ccccc1)OC(=O)C(=O)O. The number of aliphatic carboxylic acids is 1. The first-order chi connectivity index (χ1) is 10.5. The lowest BCUT2D eigenvalue weighted by atomic mass is 10.3. The van der Waals surface area contributed by atoms with E-state index in [0.717, 1.165) is 0 Å². The van der Waals surface area contributed by atoms with Crippen LogP contribution in [-0.4, -0.2) is 48.8 Å². The number of carbonyl (C=O) groups is 3. The second-order valence-electron chi connectivity index (χ2n) is 4.38. The number of nitrogens with one attached hydrogen (secondary N) is 1. The molecule has 0 radical (unpaired) electrons. The van der Waals surface area contributed by atoms with E-state index in [0.29, 0.717) is 12.3 Å². The number of primary amides is 1. The van der Waals surface area contributed by atoms with Crippen molar-refractivity contribution in [3.8, 4) is 5.75 Å². The number of benzene rings is 1. The first kappa shape index (κ1) is 17.4. The summed E-state index contributed by atoms with van der Waals surface area (Å²) in [6, 6.07) is 8.81. The van der Waals surface area contributed by atoms with Crippen LogP contribution in [-0.2, 0) is 19.1 Å². The molecule has 0 bridgehead atoms. The summed E-state index contributed by atoms with van der Waals surface area (Å²) in [6.45, 7) is 0.410. The molecule has 4 N–H and O–H groups in total. The molecule has 120 valence electrons. The predicted octanol–water partition coefficient (Wildman–Crippen LogP) is -0.473. The van der Waals surface area contributed by atoms with Crippen LogP contribution in [0.25, 0.3) is 0 Å². The molecule has 0 spiro atoms. The van der Waals surface area contributed by atoms with Crippen molar-refractivity contribution < 1.29 is 29.0 Å². The van der Waals surface area contributed by atoms with Gasteiger partial charge in [0.05, 0.1) is 0 Å². The molecule has 0 saturated carbocycles. The van der Waals surface area contributed by atoms with Crippen molar-refractivity contribution in [2.45, 2.75) is 12.5 Å². The molecule has 0 saturated heterocycles. The van der Waals surface area contributed by atoms with Gasteiger partial charge in [0, 0.05) is 19.5 Å². The summed E-state index contributed by atoms with van der Waals surface area (Å²) >= 11 is 0. The highest BCUT2D eigenvalue weighted by atomic mass is 16.6. The zero-order chi connectivity index (χ0) is 16.4. The monoisotopic (exact) mass is 310 g/mol. The van der Waals surface area contributed by atoms with Crippen LogP contribution in [0.1, 0.15) is 6.42 Å². The quantitative estimate of drug-likeness (QED) is 0.319. The number of esters is 1. The molecule has 1 aromatic rings. The average molecular weight is 310 g/mol. The van der Waals surface area contributed by atoms with Gasteiger partial charge in [-0.05, 0) is 12.1 Å². The van der Waals surface area contributed by atoms with E-state index in [1.54, 1.807) is 24.3 Å². The summed E-state index contributed by atoms with van der Waals surface area (Å²) in [6.07, 6.45) is -0.684. The van der Waals surface area contributed by atoms with Crippen LogP contribution in [0.3, 0.4) is 0 Å². The molecule has 1 aromatic carbocycles. The molecular formula is C14H18N2O6. The number of carboxylic acid groups (broad SMARTS) is 1. The lowest BCUT2D eigenvalue weighted by molar-refractivity contribution is -0.168. The Morgan fingerprint density at radius 3 is 2.50 bits per heavy atom. The molecule has 0 fully saturated rings. The van der Waals surface area contributed by atoms with Crippen LogP contribution in [0.2, 0.25) is 0 Å². The molecule has 8 nitrogen and oxygen atoms in total. The Balaban J connectivity index is 2.47. The van der Waals surface area contributed by atoms with Gasteiger partial charge in [-0.1, -0.05) is 18.2 Å². The number of ether oxygens (including phenoxy) is 2. The summed E-state index contributed by atoms with van der Waals surface area (Å²) in [5.74, 6) is -2.94. The number of carbonyl (C=O) groups excluding carboxylic acids is 2. The highest BCUT2D eigenvalue weighted by molar-refractivity contribution is 6.28. The van der Waals surface area contributed by atoms with E-state index in [4.69, 9.17) is 20.3 Å². The van der Waals surface area contributed by atoms with Crippen LogP contribution in [0, 0.1) is 0 Å². The van der Waals surface area contributed by atoms with E-state index >= 15 is 0 Å². The fourth-order valence-corrected chi connectivity index (χ4v) is 1.52. The Morgan fingerprint density at radius 1 is 1.23 bits per heavy atom. The third-order valence-electron chi connectivity index (χ3n) is 2.55. The number of hydrogen-bond acceptors (Lipinski definition) is 6. The molecular weight excluding hydrogens is 292 g/mol. The van der Waals surface area contributed by atoms with Crippen molar-refractivity contribution in [1.82, 2.24) is 5.32 Å². The highest BCUT2D eigenvalue weighted by Gasteiger charge is 2.20. The van der Waals surface area contributed by atoms with Gasteiger partial charge in [0.2, 0.25) is 5.91 Å². The summed E-state index contributed by atoms with van der Waals surface area (Å²) < 4.78 is 10.2. The fraction of sp³-hybridized carbons (Fsp3) is 0.357. The highest BCUT2D eigenvalue weighted by Crippen LogP contribution is 2.09. The van der Waals surface area contributed by atoms with E-state index in [2.05, 4.69) is 5.32 Å². The van der Waals surface area contributed by atoms with Gasteiger partial charge in [0.1, 0.15) is 18.5 Å². The Bertz CT molecular complexity index is 505. The smallest absolute Gasteiger partial charge is 0.417 e. The van der Waals surface area contributed by atoms with E-state index in [1.165, 1.54) is 0 Å². The zero-order valence-electron chi connectivity index (χ0n) is 11.9. The molecule has 1 atom stereocenters. The van der Waals surface area contributed by atoms with Crippen LogP contribution < -0.4 is 15.8 Å². The van der Waals surface area contributed by atoms with E-state index in [-0.39, 0.29) is 19.6 Å². The second kappa shape index (κ2) is 9.35. The Kier molecular flexibility index (Phi) is 7.41. The number of amides is 1. The van der Waals surface area contributed by atoms with E-state index < -0.39 is 23.9 Å². The van der Waals surface area contributed by atoms with Crippen molar-refractivity contribution in [1.29, 1.82) is 0 Å². The minimum absolute atomic E-state index is 0.0212. The molecule has 22 heavy (non-hydrogen) atoms. The molecule has 0 heterocycles. The Hall–Kier alpha value is -2.61. The average Bonchev–Trinajstić information content (AvgIpc) is 2.49. The second-order valence-corrected chi connectivity index (χ2v) is 4.38. The lowest BCUT2D eigenvalue weighted by Crippen LogP contribution is -2.38. The minimum Gasteiger partial charge on any atom is -0.490 e. The Labute approximate surface area is 127 Å². The van der Waals surface area contributed by atoms with Gasteiger partial charge in [0.25, 0.3) is 0 Å². The maximum absolute atomic E-state index is 11.1. The minimum atomic E-state index is -1.68. The van der Waals surface area contributed by atoms with Crippen LogP contribution in [0.15, 0.2) is 30.3 Å². The van der Waals surface area contributed by atoms with Gasteiger partial charge < -0.3 is 25.6 Å². The van der Waals surface area contributed by atoms with Gasteiger partial charge in [-0.3, -0.25) is 4.79 Å². The normalized spacial score (nSPS) is 11.5. The predicted molar refractivity (Wildman–Crippen MR) is 76.1 cm³/mol. The number of para-hydroxylation sites is 1. The van der Waals surface area contributed by atoms with Crippen molar-refractivity contribution in [2.24, 2.45) is 5.73 Å². The molecule has 0 aliphatic carbocycles. The maximum Gasteiger partial charge on any atom is 0.417 e. The first-order valence-electron chi connectivity index (χ1n) is 6.60. The van der Waals surface area contributed by atoms with Gasteiger partial charge in [-0.25, -0.2) is 9.59 Å². The van der Waals surface area contributed by atoms with Gasteiger partial charge in [-0.15, -0.1) is 0 Å². The van der Waals surface area contributed by atoms with Gasteiger partial charge in [0.15, 0.2) is 0 Å². The molecule has 1 rings (SSSR count). The summed E-state index contributed by atoms with van der Waals surface area (Å²) in [7, 11) is 0. The van der Waals surface area contributed by atoms with Crippen LogP contribution >= 0.6 is 0 Å². The summed E-state index contributed by atoms with van der Waals surface area (Å²) in [5.41, 5.74) is 5.00. The van der Waals surface area contributed by atoms with E-state index in [9.17, 15) is 14.4 Å². The van der Waals surface area contributed by atoms with Crippen molar-refractivity contribution in [3.05, 3.63) is 30.3 Å². The van der Waals surface area contributed by atoms with E-state index in [1.807, 2.05) is 6.07 Å². The molecule has 0 aliphatic rings. The van der Waals surface area contributed by atoms with Gasteiger partial charge >= 0.3 is 11.9 Å². The largest absolute Gasteiger partial charge is 0.490 e. The number of carboxylic acids is 1. The third-order valence-corrected chi connectivity index (χ3v) is 2.55.